The largest absolute Gasteiger partial charge is 0.348 e. The zero-order valence-electron chi connectivity index (χ0n) is 16.5. The Labute approximate surface area is 174 Å². The summed E-state index contributed by atoms with van der Waals surface area (Å²) < 4.78 is 0. The number of aromatic amines is 1. The van der Waals surface area contributed by atoms with Crippen LogP contribution in [0.2, 0.25) is 5.02 Å². The molecule has 1 fully saturated rings. The highest BCUT2D eigenvalue weighted by Crippen LogP contribution is 2.28. The molecule has 8 heteroatoms. The molecule has 1 aliphatic carbocycles. The number of nitrogens with zero attached hydrogens (tertiary/aromatic N) is 1. The van der Waals surface area contributed by atoms with Crippen LogP contribution < -0.4 is 10.6 Å². The van der Waals surface area contributed by atoms with Gasteiger partial charge in [0.2, 0.25) is 5.91 Å². The zero-order chi connectivity index (χ0) is 21.0. The van der Waals surface area contributed by atoms with Gasteiger partial charge in [-0.1, -0.05) is 24.6 Å². The molecule has 2 aromatic rings. The van der Waals surface area contributed by atoms with Crippen molar-refractivity contribution < 1.29 is 14.4 Å². The van der Waals surface area contributed by atoms with Gasteiger partial charge >= 0.3 is 0 Å². The number of H-pyrrole nitrogens is 1. The first-order chi connectivity index (χ1) is 13.9. The summed E-state index contributed by atoms with van der Waals surface area (Å²) in [6, 6.07) is 5.49. The third-order valence-electron chi connectivity index (χ3n) is 5.27. The Hall–Kier alpha value is -2.67. The number of rotatable bonds is 6. The van der Waals surface area contributed by atoms with Crippen molar-refractivity contribution in [3.05, 3.63) is 46.5 Å². The van der Waals surface area contributed by atoms with Gasteiger partial charge in [-0.3, -0.25) is 14.4 Å². The summed E-state index contributed by atoms with van der Waals surface area (Å²) in [5, 5.41) is 6.38. The van der Waals surface area contributed by atoms with Gasteiger partial charge in [-0.2, -0.15) is 0 Å². The number of benzene rings is 1. The van der Waals surface area contributed by atoms with Crippen LogP contribution in [0, 0.1) is 12.8 Å². The maximum absolute atomic E-state index is 12.6. The van der Waals surface area contributed by atoms with E-state index in [1.54, 1.807) is 13.0 Å². The lowest BCUT2D eigenvalue weighted by Crippen LogP contribution is -2.40. The molecule has 0 aliphatic heterocycles. The van der Waals surface area contributed by atoms with E-state index in [0.29, 0.717) is 36.4 Å². The average molecular weight is 417 g/mol. The van der Waals surface area contributed by atoms with Gasteiger partial charge in [0.25, 0.3) is 5.91 Å². The van der Waals surface area contributed by atoms with E-state index < -0.39 is 0 Å². The number of anilines is 1. The Kier molecular flexibility index (Phi) is 6.69. The fraction of sp³-hybridized carbons (Fsp3) is 0.429. The highest BCUT2D eigenvalue weighted by Gasteiger charge is 2.29. The quantitative estimate of drug-likeness (QED) is 0.621. The van der Waals surface area contributed by atoms with E-state index in [9.17, 15) is 14.4 Å². The fourth-order valence-electron chi connectivity index (χ4n) is 3.56. The number of aryl methyl sites for hydroxylation is 1. The molecule has 0 bridgehead atoms. The van der Waals surface area contributed by atoms with Crippen LogP contribution >= 0.6 is 11.6 Å². The number of amides is 2. The minimum absolute atomic E-state index is 0.0395. The first-order valence-electron chi connectivity index (χ1n) is 9.83. The number of imidazole rings is 1. The maximum atomic E-state index is 12.6. The Balaban J connectivity index is 1.52. The number of Topliss-reactive ketones (excluding diaryl/α,β-unsaturated/α-hetero) is 1. The van der Waals surface area contributed by atoms with E-state index in [2.05, 4.69) is 20.6 Å². The van der Waals surface area contributed by atoms with Crippen LogP contribution in [0.1, 0.15) is 65.6 Å². The minimum atomic E-state index is -0.335. The van der Waals surface area contributed by atoms with Gasteiger partial charge in [0.05, 0.1) is 17.0 Å². The van der Waals surface area contributed by atoms with Crippen molar-refractivity contribution in [2.24, 2.45) is 5.92 Å². The van der Waals surface area contributed by atoms with Crippen molar-refractivity contribution in [3.8, 4) is 0 Å². The third kappa shape index (κ3) is 5.03. The van der Waals surface area contributed by atoms with Crippen LogP contribution in [-0.2, 0) is 4.79 Å². The molecule has 1 aromatic carbocycles. The summed E-state index contributed by atoms with van der Waals surface area (Å²) in [6.45, 7) is 3.67. The molecule has 0 radical (unpaired) electrons. The average Bonchev–Trinajstić information content (AvgIpc) is 3.20. The first-order valence-corrected chi connectivity index (χ1v) is 10.2. The lowest BCUT2D eigenvalue weighted by atomic mass is 9.85. The van der Waals surface area contributed by atoms with E-state index in [0.717, 1.165) is 5.56 Å². The first kappa shape index (κ1) is 21.0. The number of ketones is 1. The lowest BCUT2D eigenvalue weighted by molar-refractivity contribution is -0.120. The molecule has 1 aliphatic rings. The minimum Gasteiger partial charge on any atom is -0.348 e. The Morgan fingerprint density at radius 2 is 1.93 bits per heavy atom. The number of aromatic nitrogens is 2. The molecule has 3 rings (SSSR count). The SMILES string of the molecule is CCC(=O)c1nc[nH]c1C(=O)NC1CCC(C(=O)Nc2ccc(C)cc2Cl)CC1. The third-order valence-corrected chi connectivity index (χ3v) is 5.58. The molecule has 154 valence electrons. The molecule has 7 nitrogen and oxygen atoms in total. The van der Waals surface area contributed by atoms with Crippen molar-refractivity contribution in [3.63, 3.8) is 0 Å². The van der Waals surface area contributed by atoms with Crippen LogP contribution in [-0.4, -0.2) is 33.6 Å². The molecular formula is C21H25ClN4O3. The summed E-state index contributed by atoms with van der Waals surface area (Å²) in [7, 11) is 0. The number of carbonyl (C=O) groups is 3. The van der Waals surface area contributed by atoms with Crippen LogP contribution in [0.3, 0.4) is 0 Å². The number of hydrogen-bond acceptors (Lipinski definition) is 4. The van der Waals surface area contributed by atoms with Crippen LogP contribution in [0.25, 0.3) is 0 Å². The van der Waals surface area contributed by atoms with Crippen molar-refractivity contribution >= 4 is 34.9 Å². The number of hydrogen-bond donors (Lipinski definition) is 3. The molecule has 1 saturated carbocycles. The number of halogens is 1. The fourth-order valence-corrected chi connectivity index (χ4v) is 3.84. The normalized spacial score (nSPS) is 18.9. The van der Waals surface area contributed by atoms with Gasteiger partial charge in [-0.25, -0.2) is 4.98 Å². The van der Waals surface area contributed by atoms with Gasteiger partial charge in [0.1, 0.15) is 11.4 Å². The molecule has 0 unspecified atom stereocenters. The Bertz CT molecular complexity index is 916. The summed E-state index contributed by atoms with van der Waals surface area (Å²) in [5.41, 5.74) is 2.02. The van der Waals surface area contributed by atoms with Gasteiger partial charge in [-0.15, -0.1) is 0 Å². The van der Waals surface area contributed by atoms with E-state index in [4.69, 9.17) is 11.6 Å². The van der Waals surface area contributed by atoms with E-state index in [1.165, 1.54) is 6.33 Å². The van der Waals surface area contributed by atoms with Crippen molar-refractivity contribution in [2.75, 3.05) is 5.32 Å². The van der Waals surface area contributed by atoms with Crippen LogP contribution in [0.4, 0.5) is 5.69 Å². The summed E-state index contributed by atoms with van der Waals surface area (Å²) in [6.07, 6.45) is 4.37. The molecule has 1 heterocycles. The maximum Gasteiger partial charge on any atom is 0.270 e. The monoisotopic (exact) mass is 416 g/mol. The molecule has 3 N–H and O–H groups in total. The smallest absolute Gasteiger partial charge is 0.270 e. The standard InChI is InChI=1S/C21H25ClN4O3/c1-3-17(27)18-19(24-11-23-18)21(29)25-14-7-5-13(6-8-14)20(28)26-16-9-4-12(2)10-15(16)22/h4,9-11,13-14H,3,5-8H2,1-2H3,(H,23,24)(H,25,29)(H,26,28). The Morgan fingerprint density at radius 3 is 2.59 bits per heavy atom. The lowest BCUT2D eigenvalue weighted by Gasteiger charge is -2.28. The predicted octanol–water partition coefficient (Wildman–Crippen LogP) is 3.89. The van der Waals surface area contributed by atoms with Crippen LogP contribution in [0.15, 0.2) is 24.5 Å². The van der Waals surface area contributed by atoms with E-state index in [-0.39, 0.29) is 47.4 Å². The summed E-state index contributed by atoms with van der Waals surface area (Å²) in [5.74, 6) is -0.681. The number of nitrogens with one attached hydrogen (secondary N) is 3. The van der Waals surface area contributed by atoms with Gasteiger partial charge in [0.15, 0.2) is 5.78 Å². The second kappa shape index (κ2) is 9.22. The Morgan fingerprint density at radius 1 is 1.21 bits per heavy atom. The van der Waals surface area contributed by atoms with Crippen LogP contribution in [0.5, 0.6) is 0 Å². The second-order valence-corrected chi connectivity index (χ2v) is 7.80. The molecule has 1 aromatic heterocycles. The molecule has 0 spiro atoms. The summed E-state index contributed by atoms with van der Waals surface area (Å²) in [4.78, 5) is 43.7. The molecule has 0 atom stereocenters. The molecule has 2 amide bonds. The van der Waals surface area contributed by atoms with Gasteiger partial charge in [0, 0.05) is 18.4 Å². The predicted molar refractivity (Wildman–Crippen MR) is 111 cm³/mol. The number of carbonyl (C=O) groups excluding carboxylic acids is 3. The molecular weight excluding hydrogens is 392 g/mol. The van der Waals surface area contributed by atoms with Gasteiger partial charge < -0.3 is 15.6 Å². The van der Waals surface area contributed by atoms with Crippen molar-refractivity contribution in [2.45, 2.75) is 52.0 Å². The summed E-state index contributed by atoms with van der Waals surface area (Å²) >= 11 is 6.19. The van der Waals surface area contributed by atoms with Crippen molar-refractivity contribution in [1.29, 1.82) is 0 Å². The van der Waals surface area contributed by atoms with Crippen molar-refractivity contribution in [1.82, 2.24) is 15.3 Å². The van der Waals surface area contributed by atoms with E-state index >= 15 is 0 Å². The molecule has 0 saturated heterocycles. The highest BCUT2D eigenvalue weighted by atomic mass is 35.5. The zero-order valence-corrected chi connectivity index (χ0v) is 17.3. The van der Waals surface area contributed by atoms with Gasteiger partial charge in [-0.05, 0) is 50.3 Å². The second-order valence-electron chi connectivity index (χ2n) is 7.40. The highest BCUT2D eigenvalue weighted by molar-refractivity contribution is 6.33. The van der Waals surface area contributed by atoms with E-state index in [1.807, 2.05) is 19.1 Å². The topological polar surface area (TPSA) is 104 Å². The molecule has 29 heavy (non-hydrogen) atoms.